The molecule has 0 heterocycles. The molecule has 0 aliphatic carbocycles. The van der Waals surface area contributed by atoms with E-state index in [2.05, 4.69) is 6.92 Å². The van der Waals surface area contributed by atoms with Crippen LogP contribution in [0.3, 0.4) is 0 Å². The predicted molar refractivity (Wildman–Crippen MR) is 63.4 cm³/mol. The average Bonchev–Trinajstić information content (AvgIpc) is 2.20. The molecule has 0 bridgehead atoms. The summed E-state index contributed by atoms with van der Waals surface area (Å²) >= 11 is 0. The van der Waals surface area contributed by atoms with Crippen molar-refractivity contribution in [2.45, 2.75) is 64.7 Å². The van der Waals surface area contributed by atoms with Crippen LogP contribution in [0.15, 0.2) is 12.3 Å². The van der Waals surface area contributed by atoms with Gasteiger partial charge in [-0.3, -0.25) is 10.1 Å². The molecule has 0 aliphatic heterocycles. The molecule has 0 amide bonds. The Bertz CT molecular complexity index is 178. The van der Waals surface area contributed by atoms with Crippen molar-refractivity contribution in [3.05, 3.63) is 22.4 Å². The molecule has 0 saturated heterocycles. The fourth-order valence-electron chi connectivity index (χ4n) is 1.56. The number of nitrogens with zero attached hydrogens (tertiary/aromatic N) is 1. The molecule has 0 aromatic heterocycles. The second-order valence-corrected chi connectivity index (χ2v) is 3.93. The number of nitro groups is 1. The summed E-state index contributed by atoms with van der Waals surface area (Å²) in [7, 11) is 0. The minimum absolute atomic E-state index is 0.398. The number of unbranched alkanes of at least 4 members (excludes halogenated alkanes) is 8. The van der Waals surface area contributed by atoms with Gasteiger partial charge >= 0.3 is 0 Å². The van der Waals surface area contributed by atoms with Crippen LogP contribution in [0.5, 0.6) is 0 Å². The molecule has 0 atom stereocenters. The first kappa shape index (κ1) is 14.1. The van der Waals surface area contributed by atoms with Crippen molar-refractivity contribution in [3.63, 3.8) is 0 Å². The van der Waals surface area contributed by atoms with Crippen LogP contribution in [-0.2, 0) is 0 Å². The van der Waals surface area contributed by atoms with E-state index in [0.29, 0.717) is 0 Å². The smallest absolute Gasteiger partial charge is 0.230 e. The Morgan fingerprint density at radius 2 is 1.53 bits per heavy atom. The molecule has 0 rings (SSSR count). The van der Waals surface area contributed by atoms with Crippen LogP contribution in [0.4, 0.5) is 0 Å². The van der Waals surface area contributed by atoms with E-state index in [1.807, 2.05) is 0 Å². The Hall–Kier alpha value is -0.860. The highest BCUT2D eigenvalue weighted by molar-refractivity contribution is 4.71. The second kappa shape index (κ2) is 11.2. The first-order valence-electron chi connectivity index (χ1n) is 6.07. The summed E-state index contributed by atoms with van der Waals surface area (Å²) in [6, 6.07) is 0. The van der Waals surface area contributed by atoms with E-state index in [4.69, 9.17) is 0 Å². The third-order valence-electron chi connectivity index (χ3n) is 2.45. The molecule has 0 aliphatic rings. The third kappa shape index (κ3) is 13.1. The lowest BCUT2D eigenvalue weighted by Crippen LogP contribution is -1.83. The van der Waals surface area contributed by atoms with E-state index >= 15 is 0 Å². The zero-order chi connectivity index (χ0) is 11.4. The predicted octanol–water partition coefficient (Wildman–Crippen LogP) is 4.31. The molecule has 0 aromatic rings. The Labute approximate surface area is 92.7 Å². The molecule has 0 N–H and O–H groups in total. The highest BCUT2D eigenvalue weighted by atomic mass is 16.6. The SMILES string of the molecule is CCCCCCCCCC/C=C/[N+](=O)[O-]. The number of rotatable bonds is 10. The molecule has 15 heavy (non-hydrogen) atoms. The summed E-state index contributed by atoms with van der Waals surface area (Å²) in [5.74, 6) is 0. The Morgan fingerprint density at radius 3 is 2.07 bits per heavy atom. The molecular formula is C12H23NO2. The van der Waals surface area contributed by atoms with Crippen molar-refractivity contribution in [1.29, 1.82) is 0 Å². The summed E-state index contributed by atoms with van der Waals surface area (Å²) in [5.41, 5.74) is 0. The molecule has 0 saturated carbocycles. The Kier molecular flexibility index (Phi) is 10.6. The quantitative estimate of drug-likeness (QED) is 0.308. The fourth-order valence-corrected chi connectivity index (χ4v) is 1.56. The highest BCUT2D eigenvalue weighted by Gasteiger charge is 1.91. The van der Waals surface area contributed by atoms with Crippen LogP contribution < -0.4 is 0 Å². The molecule has 0 aromatic carbocycles. The molecule has 88 valence electrons. The summed E-state index contributed by atoms with van der Waals surface area (Å²) in [6.07, 6.45) is 13.8. The van der Waals surface area contributed by atoms with Gasteiger partial charge < -0.3 is 0 Å². The lowest BCUT2D eigenvalue weighted by Gasteiger charge is -1.99. The molecular weight excluding hydrogens is 190 g/mol. The van der Waals surface area contributed by atoms with Crippen molar-refractivity contribution in [3.8, 4) is 0 Å². The van der Waals surface area contributed by atoms with Gasteiger partial charge in [-0.1, -0.05) is 51.9 Å². The summed E-state index contributed by atoms with van der Waals surface area (Å²) < 4.78 is 0. The summed E-state index contributed by atoms with van der Waals surface area (Å²) in [5, 5.41) is 9.95. The molecule has 3 nitrogen and oxygen atoms in total. The average molecular weight is 213 g/mol. The van der Waals surface area contributed by atoms with Crippen LogP contribution in [-0.4, -0.2) is 4.92 Å². The maximum absolute atomic E-state index is 9.95. The largest absolute Gasteiger partial charge is 0.259 e. The summed E-state index contributed by atoms with van der Waals surface area (Å²) in [4.78, 5) is 9.56. The van der Waals surface area contributed by atoms with Crippen LogP contribution in [0.1, 0.15) is 64.7 Å². The van der Waals surface area contributed by atoms with E-state index in [9.17, 15) is 10.1 Å². The summed E-state index contributed by atoms with van der Waals surface area (Å²) in [6.45, 7) is 2.22. The Balaban J connectivity index is 3.02. The van der Waals surface area contributed by atoms with Crippen molar-refractivity contribution in [1.82, 2.24) is 0 Å². The van der Waals surface area contributed by atoms with Gasteiger partial charge in [-0.05, 0) is 18.9 Å². The minimum atomic E-state index is -0.398. The number of hydrogen-bond acceptors (Lipinski definition) is 2. The van der Waals surface area contributed by atoms with E-state index in [0.717, 1.165) is 19.0 Å². The van der Waals surface area contributed by atoms with Gasteiger partial charge in [-0.25, -0.2) is 0 Å². The number of hydrogen-bond donors (Lipinski definition) is 0. The van der Waals surface area contributed by atoms with E-state index in [1.54, 1.807) is 6.08 Å². The highest BCUT2D eigenvalue weighted by Crippen LogP contribution is 2.09. The third-order valence-corrected chi connectivity index (χ3v) is 2.45. The molecule has 0 spiro atoms. The maximum Gasteiger partial charge on any atom is 0.230 e. The van der Waals surface area contributed by atoms with E-state index < -0.39 is 4.92 Å². The van der Waals surface area contributed by atoms with Crippen LogP contribution >= 0.6 is 0 Å². The second-order valence-electron chi connectivity index (χ2n) is 3.93. The monoisotopic (exact) mass is 213 g/mol. The van der Waals surface area contributed by atoms with Crippen molar-refractivity contribution < 1.29 is 4.92 Å². The van der Waals surface area contributed by atoms with E-state index in [-0.39, 0.29) is 0 Å². The molecule has 0 fully saturated rings. The zero-order valence-electron chi connectivity index (χ0n) is 9.78. The van der Waals surface area contributed by atoms with Crippen LogP contribution in [0, 0.1) is 10.1 Å². The van der Waals surface area contributed by atoms with E-state index in [1.165, 1.54) is 44.9 Å². The van der Waals surface area contributed by atoms with Gasteiger partial charge in [-0.2, -0.15) is 0 Å². The molecule has 0 radical (unpaired) electrons. The molecule has 3 heteroatoms. The topological polar surface area (TPSA) is 43.1 Å². The fraction of sp³-hybridized carbons (Fsp3) is 0.833. The number of allylic oxidation sites excluding steroid dienone is 1. The van der Waals surface area contributed by atoms with Crippen molar-refractivity contribution >= 4 is 0 Å². The zero-order valence-corrected chi connectivity index (χ0v) is 9.78. The Morgan fingerprint density at radius 1 is 1.00 bits per heavy atom. The maximum atomic E-state index is 9.95. The first-order valence-corrected chi connectivity index (χ1v) is 6.07. The van der Waals surface area contributed by atoms with Gasteiger partial charge in [0.1, 0.15) is 0 Å². The van der Waals surface area contributed by atoms with Gasteiger partial charge in [0.25, 0.3) is 0 Å². The van der Waals surface area contributed by atoms with Gasteiger partial charge in [0.2, 0.25) is 6.20 Å². The normalized spacial score (nSPS) is 11.0. The van der Waals surface area contributed by atoms with Gasteiger partial charge in [-0.15, -0.1) is 0 Å². The lowest BCUT2D eigenvalue weighted by molar-refractivity contribution is -0.402. The van der Waals surface area contributed by atoms with Gasteiger partial charge in [0, 0.05) is 0 Å². The standard InChI is InChI=1S/C12H23NO2/c1-2-3-4-5-6-7-8-9-10-11-12-13(14)15/h11-12H,2-10H2,1H3/b12-11+. The van der Waals surface area contributed by atoms with Gasteiger partial charge in [0.15, 0.2) is 0 Å². The van der Waals surface area contributed by atoms with Crippen molar-refractivity contribution in [2.75, 3.05) is 0 Å². The first-order chi connectivity index (χ1) is 7.27. The van der Waals surface area contributed by atoms with Gasteiger partial charge in [0.05, 0.1) is 4.92 Å². The molecule has 0 unspecified atom stereocenters. The lowest BCUT2D eigenvalue weighted by atomic mass is 10.1. The van der Waals surface area contributed by atoms with Crippen LogP contribution in [0.2, 0.25) is 0 Å². The minimum Gasteiger partial charge on any atom is -0.259 e. The van der Waals surface area contributed by atoms with Crippen molar-refractivity contribution in [2.24, 2.45) is 0 Å². The van der Waals surface area contributed by atoms with Crippen LogP contribution in [0.25, 0.3) is 0 Å².